The van der Waals surface area contributed by atoms with Gasteiger partial charge in [0.25, 0.3) is 0 Å². The average Bonchev–Trinajstić information content (AvgIpc) is 3.34. The summed E-state index contributed by atoms with van der Waals surface area (Å²) in [6, 6.07) is 3.48. The fourth-order valence-electron chi connectivity index (χ4n) is 3.64. The van der Waals surface area contributed by atoms with E-state index in [2.05, 4.69) is 44.6 Å². The first-order valence-electron chi connectivity index (χ1n) is 9.04. The number of aromatic nitrogens is 2. The van der Waals surface area contributed by atoms with Crippen molar-refractivity contribution in [1.82, 2.24) is 14.9 Å². The van der Waals surface area contributed by atoms with E-state index in [1.807, 2.05) is 14.1 Å². The standard InChI is InChI=1S/C18H31N5/c1-14(2)12-22-9-7-16(8-10-22)23(15-5-6-15)18-11-17(21(3)4)19-13-20-18/h11,13-16H,5-10,12H2,1-4H3. The number of nitrogens with zero attached hydrogens (tertiary/aromatic N) is 5. The molecule has 2 heterocycles. The van der Waals surface area contributed by atoms with Crippen LogP contribution in [0.15, 0.2) is 12.4 Å². The maximum Gasteiger partial charge on any atom is 0.134 e. The minimum atomic E-state index is 0.635. The van der Waals surface area contributed by atoms with Crippen molar-refractivity contribution < 1.29 is 0 Å². The summed E-state index contributed by atoms with van der Waals surface area (Å²) in [6.45, 7) is 8.29. The van der Waals surface area contributed by atoms with Crippen LogP contribution in [-0.4, -0.2) is 60.7 Å². The number of piperidine rings is 1. The topological polar surface area (TPSA) is 35.5 Å². The van der Waals surface area contributed by atoms with Gasteiger partial charge in [-0.3, -0.25) is 0 Å². The summed E-state index contributed by atoms with van der Waals surface area (Å²) in [5, 5.41) is 0. The molecular formula is C18H31N5. The van der Waals surface area contributed by atoms with Gasteiger partial charge in [-0.05, 0) is 31.6 Å². The van der Waals surface area contributed by atoms with Crippen LogP contribution >= 0.6 is 0 Å². The Morgan fingerprint density at radius 3 is 2.22 bits per heavy atom. The van der Waals surface area contributed by atoms with E-state index < -0.39 is 0 Å². The molecule has 0 aromatic carbocycles. The number of likely N-dealkylation sites (tertiary alicyclic amines) is 1. The molecule has 2 fully saturated rings. The normalized spacial score (nSPS) is 20.0. The van der Waals surface area contributed by atoms with Crippen LogP contribution in [0.2, 0.25) is 0 Å². The Morgan fingerprint density at radius 2 is 1.65 bits per heavy atom. The Bertz CT molecular complexity index is 504. The van der Waals surface area contributed by atoms with Gasteiger partial charge in [0, 0.05) is 51.9 Å². The second-order valence-electron chi connectivity index (χ2n) is 7.69. The monoisotopic (exact) mass is 317 g/mol. The van der Waals surface area contributed by atoms with Gasteiger partial charge in [0.1, 0.15) is 18.0 Å². The van der Waals surface area contributed by atoms with Crippen molar-refractivity contribution in [1.29, 1.82) is 0 Å². The lowest BCUT2D eigenvalue weighted by molar-refractivity contribution is 0.188. The van der Waals surface area contributed by atoms with Crippen molar-refractivity contribution in [3.8, 4) is 0 Å². The average molecular weight is 317 g/mol. The summed E-state index contributed by atoms with van der Waals surface area (Å²) in [6.07, 6.45) is 6.85. The van der Waals surface area contributed by atoms with Crippen LogP contribution in [0.25, 0.3) is 0 Å². The highest BCUT2D eigenvalue weighted by Crippen LogP contribution is 2.35. The largest absolute Gasteiger partial charge is 0.363 e. The first-order chi connectivity index (χ1) is 11.0. The Hall–Kier alpha value is -1.36. The van der Waals surface area contributed by atoms with Gasteiger partial charge in [0.2, 0.25) is 0 Å². The Kier molecular flexibility index (Phi) is 5.05. The molecule has 1 aliphatic carbocycles. The van der Waals surface area contributed by atoms with E-state index in [0.717, 1.165) is 17.6 Å². The van der Waals surface area contributed by atoms with Crippen molar-refractivity contribution in [2.75, 3.05) is 43.5 Å². The van der Waals surface area contributed by atoms with Crippen LogP contribution in [-0.2, 0) is 0 Å². The van der Waals surface area contributed by atoms with Gasteiger partial charge < -0.3 is 14.7 Å². The first kappa shape index (κ1) is 16.5. The molecule has 5 nitrogen and oxygen atoms in total. The summed E-state index contributed by atoms with van der Waals surface area (Å²) >= 11 is 0. The van der Waals surface area contributed by atoms with E-state index in [9.17, 15) is 0 Å². The van der Waals surface area contributed by atoms with Crippen molar-refractivity contribution in [3.63, 3.8) is 0 Å². The zero-order valence-corrected chi connectivity index (χ0v) is 15.1. The van der Waals surface area contributed by atoms with Crippen LogP contribution in [0.3, 0.4) is 0 Å². The third-order valence-corrected chi connectivity index (χ3v) is 4.88. The fourth-order valence-corrected chi connectivity index (χ4v) is 3.64. The Morgan fingerprint density at radius 1 is 1.04 bits per heavy atom. The number of anilines is 2. The third-order valence-electron chi connectivity index (χ3n) is 4.88. The molecule has 0 bridgehead atoms. The van der Waals surface area contributed by atoms with Crippen molar-refractivity contribution in [3.05, 3.63) is 12.4 Å². The molecule has 1 aromatic rings. The van der Waals surface area contributed by atoms with E-state index >= 15 is 0 Å². The molecule has 0 radical (unpaired) electrons. The number of hydrogen-bond donors (Lipinski definition) is 0. The van der Waals surface area contributed by atoms with E-state index in [4.69, 9.17) is 0 Å². The summed E-state index contributed by atoms with van der Waals surface area (Å²) in [5.74, 6) is 2.88. The molecule has 3 rings (SSSR count). The molecule has 1 saturated heterocycles. The van der Waals surface area contributed by atoms with Gasteiger partial charge in [-0.1, -0.05) is 13.8 Å². The lowest BCUT2D eigenvalue weighted by Crippen LogP contribution is -2.47. The summed E-state index contributed by atoms with van der Waals surface area (Å²) in [7, 11) is 4.08. The predicted molar refractivity (Wildman–Crippen MR) is 96.2 cm³/mol. The molecule has 5 heteroatoms. The van der Waals surface area contributed by atoms with Crippen molar-refractivity contribution >= 4 is 11.6 Å². The quantitative estimate of drug-likeness (QED) is 0.806. The third kappa shape index (κ3) is 4.14. The summed E-state index contributed by atoms with van der Waals surface area (Å²) in [5.41, 5.74) is 0. The number of rotatable bonds is 6. The predicted octanol–water partition coefficient (Wildman–Crippen LogP) is 2.63. The van der Waals surface area contributed by atoms with Crippen molar-refractivity contribution in [2.45, 2.75) is 51.6 Å². The van der Waals surface area contributed by atoms with Crippen LogP contribution in [0.1, 0.15) is 39.5 Å². The van der Waals surface area contributed by atoms with Gasteiger partial charge >= 0.3 is 0 Å². The highest BCUT2D eigenvalue weighted by Gasteiger charge is 2.36. The SMILES string of the molecule is CC(C)CN1CCC(N(c2cc(N(C)C)ncn2)C2CC2)CC1. The van der Waals surface area contributed by atoms with E-state index in [-0.39, 0.29) is 0 Å². The first-order valence-corrected chi connectivity index (χ1v) is 9.04. The molecule has 1 aromatic heterocycles. The molecule has 128 valence electrons. The van der Waals surface area contributed by atoms with Gasteiger partial charge in [-0.25, -0.2) is 9.97 Å². The molecule has 23 heavy (non-hydrogen) atoms. The molecule has 1 aliphatic heterocycles. The summed E-state index contributed by atoms with van der Waals surface area (Å²) < 4.78 is 0. The van der Waals surface area contributed by atoms with Crippen LogP contribution in [0.4, 0.5) is 11.6 Å². The lowest BCUT2D eigenvalue weighted by atomic mass is 10.0. The molecular weight excluding hydrogens is 286 g/mol. The van der Waals surface area contributed by atoms with Gasteiger partial charge in [-0.2, -0.15) is 0 Å². The highest BCUT2D eigenvalue weighted by atomic mass is 15.3. The highest BCUT2D eigenvalue weighted by molar-refractivity contribution is 5.51. The van der Waals surface area contributed by atoms with E-state index in [1.54, 1.807) is 6.33 Å². The number of hydrogen-bond acceptors (Lipinski definition) is 5. The van der Waals surface area contributed by atoms with Gasteiger partial charge in [0.05, 0.1) is 0 Å². The Balaban J connectivity index is 1.70. The maximum atomic E-state index is 4.60. The van der Waals surface area contributed by atoms with Gasteiger partial charge in [-0.15, -0.1) is 0 Å². The van der Waals surface area contributed by atoms with E-state index in [1.165, 1.54) is 45.3 Å². The second-order valence-corrected chi connectivity index (χ2v) is 7.69. The zero-order chi connectivity index (χ0) is 16.4. The maximum absolute atomic E-state index is 4.60. The van der Waals surface area contributed by atoms with Crippen molar-refractivity contribution in [2.24, 2.45) is 5.92 Å². The molecule has 1 saturated carbocycles. The van der Waals surface area contributed by atoms with Crippen LogP contribution in [0.5, 0.6) is 0 Å². The molecule has 0 unspecified atom stereocenters. The minimum Gasteiger partial charge on any atom is -0.363 e. The fraction of sp³-hybridized carbons (Fsp3) is 0.778. The molecule has 2 aliphatic rings. The molecule has 0 spiro atoms. The lowest BCUT2D eigenvalue weighted by Gasteiger charge is -2.40. The van der Waals surface area contributed by atoms with Crippen LogP contribution in [0, 0.1) is 5.92 Å². The van der Waals surface area contributed by atoms with Gasteiger partial charge in [0.15, 0.2) is 0 Å². The molecule has 0 amide bonds. The zero-order valence-electron chi connectivity index (χ0n) is 15.1. The Labute approximate surface area is 140 Å². The van der Waals surface area contributed by atoms with E-state index in [0.29, 0.717) is 12.1 Å². The molecule has 0 atom stereocenters. The second kappa shape index (κ2) is 7.04. The summed E-state index contributed by atoms with van der Waals surface area (Å²) in [4.78, 5) is 16.2. The smallest absolute Gasteiger partial charge is 0.134 e. The molecule has 0 N–H and O–H groups in total. The minimum absolute atomic E-state index is 0.635. The van der Waals surface area contributed by atoms with Crippen LogP contribution < -0.4 is 9.80 Å².